The number of benzene rings is 1. The molecule has 0 spiro atoms. The van der Waals surface area contributed by atoms with Crippen molar-refractivity contribution in [3.63, 3.8) is 0 Å². The van der Waals surface area contributed by atoms with Crippen LogP contribution in [0.4, 0.5) is 0 Å². The summed E-state index contributed by atoms with van der Waals surface area (Å²) in [5.74, 6) is 1.48. The summed E-state index contributed by atoms with van der Waals surface area (Å²) < 4.78 is 5.92. The fourth-order valence-corrected chi connectivity index (χ4v) is 3.70. The number of ketones is 1. The van der Waals surface area contributed by atoms with Crippen molar-refractivity contribution < 1.29 is 19.5 Å². The van der Waals surface area contributed by atoms with Gasteiger partial charge in [0.05, 0.1) is 18.7 Å². The molecule has 0 atom stereocenters. The predicted octanol–water partition coefficient (Wildman–Crippen LogP) is 2.47. The highest BCUT2D eigenvalue weighted by molar-refractivity contribution is 6.14. The number of quaternary nitrogens is 1. The maximum Gasteiger partial charge on any atom is 0.231 e. The summed E-state index contributed by atoms with van der Waals surface area (Å²) in [5.41, 5.74) is 1.91. The van der Waals surface area contributed by atoms with Crippen molar-refractivity contribution >= 4 is 11.9 Å². The number of ether oxygens (including phenoxy) is 1. The van der Waals surface area contributed by atoms with Crippen molar-refractivity contribution in [1.29, 1.82) is 0 Å². The highest BCUT2D eigenvalue weighted by Gasteiger charge is 2.31. The van der Waals surface area contributed by atoms with Crippen LogP contribution in [-0.4, -0.2) is 23.9 Å². The van der Waals surface area contributed by atoms with E-state index in [0.717, 1.165) is 18.7 Å². The second-order valence-corrected chi connectivity index (χ2v) is 8.26. The van der Waals surface area contributed by atoms with Gasteiger partial charge in [-0.3, -0.25) is 9.78 Å². The van der Waals surface area contributed by atoms with Gasteiger partial charge in [-0.1, -0.05) is 39.5 Å². The summed E-state index contributed by atoms with van der Waals surface area (Å²) in [6, 6.07) is 6.70. The number of nitrogens with one attached hydrogen (secondary N) is 1. The van der Waals surface area contributed by atoms with Gasteiger partial charge in [-0.25, -0.2) is 0 Å². The molecule has 1 aliphatic heterocycles. The molecule has 2 heterocycles. The van der Waals surface area contributed by atoms with Crippen LogP contribution < -0.4 is 14.7 Å². The van der Waals surface area contributed by atoms with E-state index >= 15 is 0 Å². The third-order valence-corrected chi connectivity index (χ3v) is 4.72. The van der Waals surface area contributed by atoms with Gasteiger partial charge in [0.15, 0.2) is 5.76 Å². The van der Waals surface area contributed by atoms with Crippen molar-refractivity contribution in [2.45, 2.75) is 34.2 Å². The van der Waals surface area contributed by atoms with Gasteiger partial charge in [-0.05, 0) is 29.8 Å². The van der Waals surface area contributed by atoms with Crippen molar-refractivity contribution in [2.75, 3.05) is 13.1 Å². The van der Waals surface area contributed by atoms with Gasteiger partial charge in [-0.2, -0.15) is 0 Å². The molecule has 5 nitrogen and oxygen atoms in total. The van der Waals surface area contributed by atoms with E-state index in [-0.39, 0.29) is 17.3 Å². The SMILES string of the molecule is CC(C)C[NH+](Cc1c([O-])ccc2c1OC(=Cc1ccncc1)C2=O)CC(C)C. The molecule has 1 aliphatic rings. The molecule has 0 unspecified atom stereocenters. The second-order valence-electron chi connectivity index (χ2n) is 8.26. The van der Waals surface area contributed by atoms with Gasteiger partial charge in [0, 0.05) is 29.8 Å². The van der Waals surface area contributed by atoms with Crippen LogP contribution in [0.25, 0.3) is 6.08 Å². The summed E-state index contributed by atoms with van der Waals surface area (Å²) in [7, 11) is 0. The zero-order chi connectivity index (χ0) is 20.3. The average molecular weight is 380 g/mol. The zero-order valence-electron chi connectivity index (χ0n) is 17.0. The number of carbonyl (C=O) groups is 1. The van der Waals surface area contributed by atoms with Crippen LogP contribution >= 0.6 is 0 Å². The zero-order valence-corrected chi connectivity index (χ0v) is 17.0. The number of aromatic nitrogens is 1. The van der Waals surface area contributed by atoms with Gasteiger partial charge in [-0.15, -0.1) is 0 Å². The molecule has 1 N–H and O–H groups in total. The Kier molecular flexibility index (Phi) is 6.15. The normalized spacial score (nSPS) is 15.0. The molecular formula is C23H28N2O3. The van der Waals surface area contributed by atoms with Crippen molar-refractivity contribution in [1.82, 2.24) is 4.98 Å². The molecule has 28 heavy (non-hydrogen) atoms. The third kappa shape index (κ3) is 4.60. The Balaban J connectivity index is 1.92. The Hall–Kier alpha value is -2.66. The van der Waals surface area contributed by atoms with E-state index in [4.69, 9.17) is 4.74 Å². The summed E-state index contributed by atoms with van der Waals surface area (Å²) in [6.07, 6.45) is 5.03. The Morgan fingerprint density at radius 2 is 1.71 bits per heavy atom. The Labute approximate surface area is 166 Å². The van der Waals surface area contributed by atoms with Crippen molar-refractivity contribution in [2.24, 2.45) is 11.8 Å². The van der Waals surface area contributed by atoms with Gasteiger partial charge >= 0.3 is 0 Å². The van der Waals surface area contributed by atoms with Gasteiger partial charge in [0.25, 0.3) is 0 Å². The first-order valence-corrected chi connectivity index (χ1v) is 9.86. The largest absolute Gasteiger partial charge is 0.872 e. The number of carbonyl (C=O) groups excluding carboxylic acids is 1. The fraction of sp³-hybridized carbons (Fsp3) is 0.391. The fourth-order valence-electron chi connectivity index (χ4n) is 3.70. The molecule has 0 bridgehead atoms. The smallest absolute Gasteiger partial charge is 0.231 e. The lowest BCUT2D eigenvalue weighted by Crippen LogP contribution is -3.11. The van der Waals surface area contributed by atoms with E-state index < -0.39 is 0 Å². The number of rotatable bonds is 7. The molecule has 2 aromatic rings. The maximum absolute atomic E-state index is 12.8. The van der Waals surface area contributed by atoms with Crippen LogP contribution in [0.1, 0.15) is 49.2 Å². The van der Waals surface area contributed by atoms with E-state index in [0.29, 0.717) is 35.3 Å². The minimum absolute atomic E-state index is 0.0678. The highest BCUT2D eigenvalue weighted by Crippen LogP contribution is 2.38. The molecule has 1 aromatic carbocycles. The minimum atomic E-state index is -0.178. The number of pyridine rings is 1. The van der Waals surface area contributed by atoms with Crippen molar-refractivity contribution in [3.05, 3.63) is 59.1 Å². The van der Waals surface area contributed by atoms with E-state index in [1.54, 1.807) is 24.5 Å². The van der Waals surface area contributed by atoms with Gasteiger partial charge < -0.3 is 14.7 Å². The van der Waals surface area contributed by atoms with Crippen molar-refractivity contribution in [3.8, 4) is 11.5 Å². The first-order chi connectivity index (χ1) is 13.3. The van der Waals surface area contributed by atoms with Crippen LogP contribution in [0, 0.1) is 11.8 Å². The standard InChI is InChI=1S/C23H28N2O3/c1-15(2)12-25(13-16(3)4)14-19-20(26)6-5-18-22(27)21(28-23(18)19)11-17-7-9-24-10-8-17/h5-11,15-16,26H,12-14H2,1-4H3. The molecule has 0 amide bonds. The maximum atomic E-state index is 12.8. The van der Waals surface area contributed by atoms with E-state index in [1.165, 1.54) is 11.0 Å². The molecule has 5 heteroatoms. The molecule has 148 valence electrons. The van der Waals surface area contributed by atoms with Crippen LogP contribution in [-0.2, 0) is 6.54 Å². The van der Waals surface area contributed by atoms with Crippen LogP contribution in [0.3, 0.4) is 0 Å². The lowest BCUT2D eigenvalue weighted by Gasteiger charge is -2.26. The summed E-state index contributed by atoms with van der Waals surface area (Å²) >= 11 is 0. The third-order valence-electron chi connectivity index (χ3n) is 4.72. The Morgan fingerprint density at radius 3 is 2.32 bits per heavy atom. The number of nitrogens with zero attached hydrogens (tertiary/aromatic N) is 1. The lowest BCUT2D eigenvalue weighted by atomic mass is 10.0. The molecule has 0 fully saturated rings. The predicted molar refractivity (Wildman–Crippen MR) is 107 cm³/mol. The average Bonchev–Trinajstić information content (AvgIpc) is 2.93. The summed E-state index contributed by atoms with van der Waals surface area (Å²) in [4.78, 5) is 18.1. The van der Waals surface area contributed by atoms with Crippen LogP contribution in [0.15, 0.2) is 42.4 Å². The molecule has 3 rings (SSSR count). The van der Waals surface area contributed by atoms with E-state index in [2.05, 4.69) is 32.7 Å². The number of allylic oxidation sites excluding steroid dienone is 1. The number of hydrogen-bond acceptors (Lipinski definition) is 4. The quantitative estimate of drug-likeness (QED) is 0.750. The van der Waals surface area contributed by atoms with E-state index in [9.17, 15) is 9.90 Å². The molecule has 0 aliphatic carbocycles. The topological polar surface area (TPSA) is 66.7 Å². The Bertz CT molecular complexity index is 863. The summed E-state index contributed by atoms with van der Waals surface area (Å²) in [6.45, 7) is 11.2. The monoisotopic (exact) mass is 380 g/mol. The molecule has 1 aromatic heterocycles. The molecule has 0 saturated carbocycles. The van der Waals surface area contributed by atoms with Gasteiger partial charge in [0.2, 0.25) is 5.78 Å². The first kappa shape index (κ1) is 20.1. The molecular weight excluding hydrogens is 352 g/mol. The summed E-state index contributed by atoms with van der Waals surface area (Å²) in [5, 5.41) is 12.6. The second kappa shape index (κ2) is 8.57. The van der Waals surface area contributed by atoms with Crippen LogP contribution in [0.5, 0.6) is 11.5 Å². The minimum Gasteiger partial charge on any atom is -0.872 e. The number of hydrogen-bond donors (Lipinski definition) is 1. The lowest BCUT2D eigenvalue weighted by molar-refractivity contribution is -0.919. The highest BCUT2D eigenvalue weighted by atomic mass is 16.5. The van der Waals surface area contributed by atoms with Crippen LogP contribution in [0.2, 0.25) is 0 Å². The number of fused-ring (bicyclic) bond motifs is 1. The number of Topliss-reactive ketones (excluding diaryl/α,β-unsaturated/α-hetero) is 1. The molecule has 0 saturated heterocycles. The molecule has 0 radical (unpaired) electrons. The first-order valence-electron chi connectivity index (χ1n) is 9.86. The Morgan fingerprint density at radius 1 is 1.07 bits per heavy atom. The van der Waals surface area contributed by atoms with E-state index in [1.807, 2.05) is 12.1 Å². The van der Waals surface area contributed by atoms with Gasteiger partial charge in [0.1, 0.15) is 12.3 Å².